The lowest BCUT2D eigenvalue weighted by molar-refractivity contribution is -0.857. The molecule has 0 fully saturated rings. The Morgan fingerprint density at radius 3 is 2.58 bits per heavy atom. The summed E-state index contributed by atoms with van der Waals surface area (Å²) >= 11 is 0. The highest BCUT2D eigenvalue weighted by Gasteiger charge is 2.45. The molecule has 1 atom stereocenters. The van der Waals surface area contributed by atoms with Gasteiger partial charge >= 0.3 is 0 Å². The van der Waals surface area contributed by atoms with Gasteiger partial charge in [0.05, 0.1) is 45.9 Å². The first-order valence-electron chi connectivity index (χ1n) is 10.1. The second-order valence-corrected chi connectivity index (χ2v) is 7.84. The van der Waals surface area contributed by atoms with Crippen LogP contribution in [-0.2, 0) is 4.79 Å². The number of methoxy groups -OCH3 is 1. The highest BCUT2D eigenvalue weighted by Crippen LogP contribution is 2.42. The standard InChI is InChI=1S/C24H24N2O5/c1-25(2)12-13-26-21(16-9-5-7-11-18(16)30-3)20(23(28)24(26)29)22(27)19-14-15-8-4-6-10-17(15)31-19/h4-11,14,21,28H,12-13H2,1-3H3/p+1/t21-/m1/s1. The zero-order chi connectivity index (χ0) is 22.1. The van der Waals surface area contributed by atoms with Crippen molar-refractivity contribution in [3.8, 4) is 5.75 Å². The second-order valence-electron chi connectivity index (χ2n) is 7.84. The highest BCUT2D eigenvalue weighted by atomic mass is 16.5. The number of aliphatic hydroxyl groups excluding tert-OH is 1. The number of likely N-dealkylation sites (N-methyl/N-ethyl adjacent to an activating group) is 1. The van der Waals surface area contributed by atoms with Crippen molar-refractivity contribution in [1.29, 1.82) is 0 Å². The summed E-state index contributed by atoms with van der Waals surface area (Å²) in [7, 11) is 5.49. The fourth-order valence-corrected chi connectivity index (χ4v) is 3.90. The molecule has 0 saturated carbocycles. The van der Waals surface area contributed by atoms with Crippen molar-refractivity contribution in [3.63, 3.8) is 0 Å². The number of amides is 1. The number of ether oxygens (including phenoxy) is 1. The molecule has 7 heteroatoms. The van der Waals surface area contributed by atoms with E-state index in [2.05, 4.69) is 0 Å². The van der Waals surface area contributed by atoms with Gasteiger partial charge in [-0.05, 0) is 18.2 Å². The monoisotopic (exact) mass is 421 g/mol. The number of rotatable bonds is 7. The fraction of sp³-hybridized carbons (Fsp3) is 0.250. The molecule has 4 rings (SSSR count). The van der Waals surface area contributed by atoms with Gasteiger partial charge in [0.15, 0.2) is 11.5 Å². The van der Waals surface area contributed by atoms with E-state index >= 15 is 0 Å². The minimum absolute atomic E-state index is 0.00214. The average molecular weight is 421 g/mol. The van der Waals surface area contributed by atoms with Crippen molar-refractivity contribution in [2.45, 2.75) is 6.04 Å². The Labute approximate surface area is 180 Å². The minimum atomic E-state index is -0.774. The quantitative estimate of drug-likeness (QED) is 0.571. The summed E-state index contributed by atoms with van der Waals surface area (Å²) < 4.78 is 11.2. The predicted octanol–water partition coefficient (Wildman–Crippen LogP) is 2.16. The lowest BCUT2D eigenvalue weighted by atomic mass is 9.94. The summed E-state index contributed by atoms with van der Waals surface area (Å²) in [6, 6.07) is 15.3. The molecule has 0 aliphatic carbocycles. The summed E-state index contributed by atoms with van der Waals surface area (Å²) in [4.78, 5) is 29.2. The molecule has 2 N–H and O–H groups in total. The number of furan rings is 1. The van der Waals surface area contributed by atoms with Crippen molar-refractivity contribution < 1.29 is 28.7 Å². The minimum Gasteiger partial charge on any atom is -0.503 e. The van der Waals surface area contributed by atoms with Gasteiger partial charge in [-0.25, -0.2) is 0 Å². The van der Waals surface area contributed by atoms with Gasteiger partial charge in [-0.3, -0.25) is 9.59 Å². The Bertz CT molecular complexity index is 1140. The van der Waals surface area contributed by atoms with Gasteiger partial charge in [0.2, 0.25) is 5.78 Å². The highest BCUT2D eigenvalue weighted by molar-refractivity contribution is 6.16. The van der Waals surface area contributed by atoms with Crippen molar-refractivity contribution in [1.82, 2.24) is 4.90 Å². The number of benzene rings is 2. The van der Waals surface area contributed by atoms with E-state index in [-0.39, 0.29) is 11.3 Å². The predicted molar refractivity (Wildman–Crippen MR) is 115 cm³/mol. The maximum absolute atomic E-state index is 13.5. The molecule has 0 spiro atoms. The average Bonchev–Trinajstić information content (AvgIpc) is 3.31. The van der Waals surface area contributed by atoms with Crippen LogP contribution in [0.2, 0.25) is 0 Å². The zero-order valence-corrected chi connectivity index (χ0v) is 17.7. The number of hydrogen-bond donors (Lipinski definition) is 2. The molecular formula is C24H25N2O5+. The number of hydrogen-bond acceptors (Lipinski definition) is 5. The molecule has 0 unspecified atom stereocenters. The smallest absolute Gasteiger partial charge is 0.290 e. The summed E-state index contributed by atoms with van der Waals surface area (Å²) in [6.07, 6.45) is 0. The third-order valence-corrected chi connectivity index (χ3v) is 5.48. The molecule has 2 heterocycles. The van der Waals surface area contributed by atoms with Crippen LogP contribution in [0.15, 0.2) is 70.3 Å². The first kappa shape index (κ1) is 20.7. The van der Waals surface area contributed by atoms with E-state index in [0.29, 0.717) is 30.0 Å². The molecule has 1 aromatic heterocycles. The number of para-hydroxylation sites is 2. The third kappa shape index (κ3) is 3.68. The number of ketones is 1. The number of Topliss-reactive ketones (excluding diaryl/α,β-unsaturated/α-hetero) is 1. The summed E-state index contributed by atoms with van der Waals surface area (Å²) in [6.45, 7) is 1.02. The van der Waals surface area contributed by atoms with Crippen LogP contribution in [0.4, 0.5) is 0 Å². The van der Waals surface area contributed by atoms with Gasteiger partial charge in [0, 0.05) is 10.9 Å². The molecule has 160 valence electrons. The first-order chi connectivity index (χ1) is 14.9. The molecule has 31 heavy (non-hydrogen) atoms. The van der Waals surface area contributed by atoms with E-state index < -0.39 is 23.5 Å². The molecule has 3 aromatic rings. The van der Waals surface area contributed by atoms with Gasteiger partial charge < -0.3 is 24.1 Å². The van der Waals surface area contributed by atoms with Gasteiger partial charge in [-0.15, -0.1) is 0 Å². The Morgan fingerprint density at radius 2 is 1.87 bits per heavy atom. The van der Waals surface area contributed by atoms with E-state index in [1.165, 1.54) is 12.0 Å². The SMILES string of the molecule is COc1ccccc1[C@@H]1C(C(=O)c2cc3ccccc3o2)=C(O)C(=O)N1CC[NH+](C)C. The molecule has 1 amide bonds. The van der Waals surface area contributed by atoms with Crippen molar-refractivity contribution in [2.75, 3.05) is 34.3 Å². The molecule has 1 aliphatic heterocycles. The van der Waals surface area contributed by atoms with Crippen LogP contribution in [0.3, 0.4) is 0 Å². The maximum atomic E-state index is 13.5. The molecule has 7 nitrogen and oxygen atoms in total. The number of nitrogens with one attached hydrogen (secondary N) is 1. The Balaban J connectivity index is 1.82. The maximum Gasteiger partial charge on any atom is 0.290 e. The summed E-state index contributed by atoms with van der Waals surface area (Å²) in [5, 5.41) is 11.5. The van der Waals surface area contributed by atoms with Crippen LogP contribution in [-0.4, -0.2) is 56.0 Å². The van der Waals surface area contributed by atoms with E-state index in [1.54, 1.807) is 24.3 Å². The van der Waals surface area contributed by atoms with Crippen molar-refractivity contribution >= 4 is 22.7 Å². The third-order valence-electron chi connectivity index (χ3n) is 5.48. The first-order valence-corrected chi connectivity index (χ1v) is 10.1. The lowest BCUT2D eigenvalue weighted by Gasteiger charge is -2.28. The van der Waals surface area contributed by atoms with Crippen LogP contribution >= 0.6 is 0 Å². The van der Waals surface area contributed by atoms with Crippen LogP contribution < -0.4 is 9.64 Å². The second kappa shape index (κ2) is 8.28. The number of quaternary nitrogens is 1. The number of fused-ring (bicyclic) bond motifs is 1. The van der Waals surface area contributed by atoms with E-state index in [9.17, 15) is 14.7 Å². The van der Waals surface area contributed by atoms with E-state index in [4.69, 9.17) is 9.15 Å². The van der Waals surface area contributed by atoms with E-state index in [1.807, 2.05) is 44.4 Å². The Morgan fingerprint density at radius 1 is 1.16 bits per heavy atom. The summed E-state index contributed by atoms with van der Waals surface area (Å²) in [5.74, 6) is -1.02. The zero-order valence-electron chi connectivity index (χ0n) is 17.7. The van der Waals surface area contributed by atoms with Gasteiger partial charge in [0.1, 0.15) is 11.3 Å². The number of carbonyl (C=O) groups is 2. The largest absolute Gasteiger partial charge is 0.503 e. The fourth-order valence-electron chi connectivity index (χ4n) is 3.90. The topological polar surface area (TPSA) is 84.4 Å². The Kier molecular flexibility index (Phi) is 5.52. The lowest BCUT2D eigenvalue weighted by Crippen LogP contribution is -3.06. The van der Waals surface area contributed by atoms with Gasteiger partial charge in [-0.1, -0.05) is 36.4 Å². The normalized spacial score (nSPS) is 16.6. The van der Waals surface area contributed by atoms with Crippen LogP contribution in [0, 0.1) is 0 Å². The molecule has 0 bridgehead atoms. The van der Waals surface area contributed by atoms with Crippen LogP contribution in [0.5, 0.6) is 5.75 Å². The van der Waals surface area contributed by atoms with Gasteiger partial charge in [0.25, 0.3) is 5.91 Å². The molecule has 1 aliphatic rings. The van der Waals surface area contributed by atoms with E-state index in [0.717, 1.165) is 10.3 Å². The molecule has 0 radical (unpaired) electrons. The Hall–Kier alpha value is -3.58. The van der Waals surface area contributed by atoms with Crippen molar-refractivity contribution in [2.24, 2.45) is 0 Å². The molecule has 2 aromatic carbocycles. The number of aliphatic hydroxyl groups is 1. The summed E-state index contributed by atoms with van der Waals surface area (Å²) in [5.41, 5.74) is 1.20. The number of nitrogens with zero attached hydrogens (tertiary/aromatic N) is 1. The number of carbonyl (C=O) groups excluding carboxylic acids is 2. The van der Waals surface area contributed by atoms with Gasteiger partial charge in [-0.2, -0.15) is 0 Å². The van der Waals surface area contributed by atoms with Crippen LogP contribution in [0.25, 0.3) is 11.0 Å². The molecule has 0 saturated heterocycles. The van der Waals surface area contributed by atoms with Crippen molar-refractivity contribution in [3.05, 3.63) is 77.3 Å². The van der Waals surface area contributed by atoms with Crippen LogP contribution in [0.1, 0.15) is 22.2 Å². The molecular weight excluding hydrogens is 396 g/mol.